The fraction of sp³-hybridized carbons (Fsp3) is 1.00. The van der Waals surface area contributed by atoms with E-state index >= 15 is 0 Å². The van der Waals surface area contributed by atoms with E-state index in [1.807, 2.05) is 27.8 Å². The molecule has 0 rings (SSSR count). The number of hydrogen-bond acceptors (Lipinski definition) is 3. The first-order chi connectivity index (χ1) is 5.96. The third kappa shape index (κ3) is 4.23. The first kappa shape index (κ1) is 13.1. The Kier molecular flexibility index (Phi) is 5.81. The first-order valence-electron chi connectivity index (χ1n) is 4.54. The van der Waals surface area contributed by atoms with Gasteiger partial charge in [0.25, 0.3) is 7.52 Å². The third-order valence-corrected chi connectivity index (χ3v) is 4.56. The normalized spacial score (nSPS) is 18.6. The zero-order chi connectivity index (χ0) is 10.5. The van der Waals surface area contributed by atoms with E-state index in [0.717, 1.165) is 6.54 Å². The van der Waals surface area contributed by atoms with Crippen LogP contribution in [0.5, 0.6) is 0 Å². The Morgan fingerprint density at radius 2 is 1.92 bits per heavy atom. The molecule has 13 heavy (non-hydrogen) atoms. The summed E-state index contributed by atoms with van der Waals surface area (Å²) in [6.07, 6.45) is 0. The SMILES string of the molecule is CNCC(C)NP(=O)(OC)C(C)C. The van der Waals surface area contributed by atoms with Crippen molar-refractivity contribution >= 4 is 7.52 Å². The molecule has 2 N–H and O–H groups in total. The van der Waals surface area contributed by atoms with Crippen LogP contribution in [0.2, 0.25) is 0 Å². The number of hydrogen-bond donors (Lipinski definition) is 2. The zero-order valence-electron chi connectivity index (χ0n) is 9.13. The van der Waals surface area contributed by atoms with Gasteiger partial charge in [0.2, 0.25) is 0 Å². The van der Waals surface area contributed by atoms with Gasteiger partial charge in [-0.15, -0.1) is 0 Å². The molecule has 0 saturated carbocycles. The summed E-state index contributed by atoms with van der Waals surface area (Å²) in [6.45, 7) is 6.54. The fourth-order valence-corrected chi connectivity index (χ4v) is 2.60. The van der Waals surface area contributed by atoms with Crippen LogP contribution < -0.4 is 10.4 Å². The number of nitrogens with one attached hydrogen (secondary N) is 2. The summed E-state index contributed by atoms with van der Waals surface area (Å²) in [5, 5.41) is 6.03. The molecule has 0 aromatic heterocycles. The molecule has 0 aliphatic rings. The maximum absolute atomic E-state index is 12.0. The molecule has 5 heteroatoms. The summed E-state index contributed by atoms with van der Waals surface area (Å²) in [4.78, 5) is 0. The smallest absolute Gasteiger partial charge is 0.272 e. The summed E-state index contributed by atoms with van der Waals surface area (Å²) in [7, 11) is 0.704. The Bertz CT molecular complexity index is 185. The molecular weight excluding hydrogens is 187 g/mol. The van der Waals surface area contributed by atoms with E-state index in [9.17, 15) is 4.57 Å². The second-order valence-electron chi connectivity index (χ2n) is 3.46. The van der Waals surface area contributed by atoms with E-state index in [2.05, 4.69) is 10.4 Å². The van der Waals surface area contributed by atoms with E-state index in [1.54, 1.807) is 0 Å². The van der Waals surface area contributed by atoms with Gasteiger partial charge >= 0.3 is 0 Å². The van der Waals surface area contributed by atoms with Crippen molar-refractivity contribution in [3.63, 3.8) is 0 Å². The summed E-state index contributed by atoms with van der Waals surface area (Å²) < 4.78 is 17.0. The van der Waals surface area contributed by atoms with Crippen molar-refractivity contribution in [1.82, 2.24) is 10.4 Å². The Balaban J connectivity index is 4.19. The highest BCUT2D eigenvalue weighted by Gasteiger charge is 2.27. The largest absolute Gasteiger partial charge is 0.321 e. The van der Waals surface area contributed by atoms with E-state index in [0.29, 0.717) is 0 Å². The minimum atomic E-state index is -2.65. The Hall–Kier alpha value is 0.110. The summed E-state index contributed by atoms with van der Waals surface area (Å²) >= 11 is 0. The van der Waals surface area contributed by atoms with Crippen LogP contribution in [0.1, 0.15) is 20.8 Å². The predicted octanol–water partition coefficient (Wildman–Crippen LogP) is 1.43. The average molecular weight is 208 g/mol. The Morgan fingerprint density at radius 1 is 1.38 bits per heavy atom. The fourth-order valence-electron chi connectivity index (χ4n) is 1.07. The highest BCUT2D eigenvalue weighted by atomic mass is 31.2. The minimum absolute atomic E-state index is 0.0109. The highest BCUT2D eigenvalue weighted by molar-refractivity contribution is 7.57. The van der Waals surface area contributed by atoms with E-state index in [-0.39, 0.29) is 11.7 Å². The second kappa shape index (κ2) is 5.76. The van der Waals surface area contributed by atoms with Crippen molar-refractivity contribution in [3.05, 3.63) is 0 Å². The van der Waals surface area contributed by atoms with Gasteiger partial charge in [-0.2, -0.15) is 0 Å². The molecule has 0 radical (unpaired) electrons. The lowest BCUT2D eigenvalue weighted by Crippen LogP contribution is -2.34. The lowest BCUT2D eigenvalue weighted by molar-refractivity contribution is 0.367. The molecule has 0 aliphatic heterocycles. The maximum Gasteiger partial charge on any atom is 0.272 e. The van der Waals surface area contributed by atoms with Crippen LogP contribution in [0.3, 0.4) is 0 Å². The first-order valence-corrected chi connectivity index (χ1v) is 6.23. The van der Waals surface area contributed by atoms with Gasteiger partial charge < -0.3 is 9.84 Å². The monoisotopic (exact) mass is 208 g/mol. The molecule has 0 saturated heterocycles. The maximum atomic E-state index is 12.0. The zero-order valence-corrected chi connectivity index (χ0v) is 10.0. The molecule has 2 unspecified atom stereocenters. The van der Waals surface area contributed by atoms with Gasteiger partial charge in [0.05, 0.1) is 0 Å². The quantitative estimate of drug-likeness (QED) is 0.648. The molecule has 0 bridgehead atoms. The summed E-state index contributed by atoms with van der Waals surface area (Å²) in [6, 6.07) is 0.151. The second-order valence-corrected chi connectivity index (χ2v) is 6.31. The molecule has 0 aliphatic carbocycles. The molecule has 0 spiro atoms. The van der Waals surface area contributed by atoms with Gasteiger partial charge in [-0.3, -0.25) is 4.57 Å². The van der Waals surface area contributed by atoms with Crippen molar-refractivity contribution in [2.24, 2.45) is 0 Å². The van der Waals surface area contributed by atoms with Gasteiger partial charge in [-0.05, 0) is 14.0 Å². The lowest BCUT2D eigenvalue weighted by atomic mass is 10.4. The van der Waals surface area contributed by atoms with E-state index < -0.39 is 7.52 Å². The van der Waals surface area contributed by atoms with Gasteiger partial charge in [0.15, 0.2) is 0 Å². The topological polar surface area (TPSA) is 50.4 Å². The van der Waals surface area contributed by atoms with E-state index in [1.165, 1.54) is 7.11 Å². The van der Waals surface area contributed by atoms with Crippen molar-refractivity contribution in [1.29, 1.82) is 0 Å². The van der Waals surface area contributed by atoms with Crippen LogP contribution in [0.25, 0.3) is 0 Å². The number of likely N-dealkylation sites (N-methyl/N-ethyl adjacent to an activating group) is 1. The number of rotatable bonds is 6. The standard InChI is InChI=1S/C8H21N2O2P/c1-7(2)13(11,12-5)10-8(3)6-9-4/h7-9H,6H2,1-5H3,(H,10,11). The van der Waals surface area contributed by atoms with Crippen LogP contribution in [0.4, 0.5) is 0 Å². The van der Waals surface area contributed by atoms with Crippen LogP contribution >= 0.6 is 7.52 Å². The van der Waals surface area contributed by atoms with Gasteiger partial charge in [-0.1, -0.05) is 13.8 Å². The Labute approximate surface area is 80.9 Å². The average Bonchev–Trinajstić information content (AvgIpc) is 2.04. The predicted molar refractivity (Wildman–Crippen MR) is 56.3 cm³/mol. The third-order valence-electron chi connectivity index (χ3n) is 1.86. The van der Waals surface area contributed by atoms with Crippen molar-refractivity contribution in [2.45, 2.75) is 32.5 Å². The molecule has 0 aromatic carbocycles. The molecule has 4 nitrogen and oxygen atoms in total. The molecule has 2 atom stereocenters. The lowest BCUT2D eigenvalue weighted by Gasteiger charge is -2.24. The van der Waals surface area contributed by atoms with Gasteiger partial charge in [0.1, 0.15) is 0 Å². The summed E-state index contributed by atoms with van der Waals surface area (Å²) in [5.41, 5.74) is 0.0109. The van der Waals surface area contributed by atoms with Crippen LogP contribution in [0.15, 0.2) is 0 Å². The molecule has 0 heterocycles. The highest BCUT2D eigenvalue weighted by Crippen LogP contribution is 2.46. The van der Waals surface area contributed by atoms with Crippen molar-refractivity contribution in [3.8, 4) is 0 Å². The van der Waals surface area contributed by atoms with Crippen LogP contribution in [-0.4, -0.2) is 32.4 Å². The van der Waals surface area contributed by atoms with Crippen LogP contribution in [-0.2, 0) is 9.09 Å². The molecular formula is C8H21N2O2P. The Morgan fingerprint density at radius 3 is 2.23 bits per heavy atom. The van der Waals surface area contributed by atoms with Gasteiger partial charge in [0, 0.05) is 25.4 Å². The van der Waals surface area contributed by atoms with Crippen LogP contribution in [0, 0.1) is 0 Å². The minimum Gasteiger partial charge on any atom is -0.321 e. The molecule has 80 valence electrons. The molecule has 0 amide bonds. The van der Waals surface area contributed by atoms with Gasteiger partial charge in [-0.25, -0.2) is 5.09 Å². The van der Waals surface area contributed by atoms with Crippen molar-refractivity contribution in [2.75, 3.05) is 20.7 Å². The van der Waals surface area contributed by atoms with E-state index in [4.69, 9.17) is 4.52 Å². The molecule has 0 fully saturated rings. The van der Waals surface area contributed by atoms with Crippen molar-refractivity contribution < 1.29 is 9.09 Å². The summed E-state index contributed by atoms with van der Waals surface area (Å²) in [5.74, 6) is 0. The molecule has 0 aromatic rings.